The van der Waals surface area contributed by atoms with Crippen LogP contribution in [0, 0.1) is 5.92 Å². The van der Waals surface area contributed by atoms with Gasteiger partial charge >= 0.3 is 5.97 Å². The minimum absolute atomic E-state index is 0.205. The molecule has 0 saturated carbocycles. The van der Waals surface area contributed by atoms with E-state index in [1.165, 1.54) is 0 Å². The van der Waals surface area contributed by atoms with E-state index >= 15 is 0 Å². The van der Waals surface area contributed by atoms with Crippen molar-refractivity contribution in [3.63, 3.8) is 0 Å². The SMILES string of the molecule is CCOC(=O)C1C(=O)C=C(c2cccs2)CC1c1ccccc1OC. The van der Waals surface area contributed by atoms with Crippen molar-refractivity contribution < 1.29 is 19.1 Å². The van der Waals surface area contributed by atoms with Crippen molar-refractivity contribution in [2.75, 3.05) is 13.7 Å². The molecule has 0 amide bonds. The van der Waals surface area contributed by atoms with Crippen LogP contribution in [0.2, 0.25) is 0 Å². The summed E-state index contributed by atoms with van der Waals surface area (Å²) in [6.07, 6.45) is 2.19. The molecule has 130 valence electrons. The lowest BCUT2D eigenvalue weighted by Crippen LogP contribution is -2.34. The van der Waals surface area contributed by atoms with Gasteiger partial charge in [-0.25, -0.2) is 0 Å². The van der Waals surface area contributed by atoms with Crippen LogP contribution in [0.15, 0.2) is 47.9 Å². The zero-order chi connectivity index (χ0) is 17.8. The number of methoxy groups -OCH3 is 1. The Bertz CT molecular complexity index is 792. The van der Waals surface area contributed by atoms with Gasteiger partial charge < -0.3 is 9.47 Å². The molecule has 2 atom stereocenters. The number of carbonyl (C=O) groups is 2. The molecule has 3 rings (SSSR count). The summed E-state index contributed by atoms with van der Waals surface area (Å²) < 4.78 is 10.6. The molecule has 1 heterocycles. The Morgan fingerprint density at radius 2 is 2.04 bits per heavy atom. The minimum Gasteiger partial charge on any atom is -0.496 e. The summed E-state index contributed by atoms with van der Waals surface area (Å²) in [4.78, 5) is 26.3. The number of hydrogen-bond donors (Lipinski definition) is 0. The van der Waals surface area contributed by atoms with Crippen LogP contribution in [0.4, 0.5) is 0 Å². The Labute approximate surface area is 151 Å². The number of rotatable bonds is 5. The van der Waals surface area contributed by atoms with Crippen LogP contribution in [0.25, 0.3) is 5.57 Å². The first kappa shape index (κ1) is 17.4. The average molecular weight is 356 g/mol. The molecule has 2 unspecified atom stereocenters. The van der Waals surface area contributed by atoms with Crippen LogP contribution in [0.1, 0.15) is 29.7 Å². The summed E-state index contributed by atoms with van der Waals surface area (Å²) in [5, 5.41) is 1.98. The summed E-state index contributed by atoms with van der Waals surface area (Å²) in [7, 11) is 1.60. The van der Waals surface area contributed by atoms with Gasteiger partial charge in [0, 0.05) is 10.8 Å². The molecule has 1 aromatic heterocycles. The quantitative estimate of drug-likeness (QED) is 0.598. The summed E-state index contributed by atoms with van der Waals surface area (Å²) in [5.41, 5.74) is 1.81. The molecule has 2 aromatic rings. The fraction of sp³-hybridized carbons (Fsp3) is 0.300. The lowest BCUT2D eigenvalue weighted by atomic mass is 9.74. The fourth-order valence-electron chi connectivity index (χ4n) is 3.28. The highest BCUT2D eigenvalue weighted by atomic mass is 32.1. The molecule has 0 saturated heterocycles. The molecular formula is C20H20O4S. The number of esters is 1. The smallest absolute Gasteiger partial charge is 0.317 e. The molecule has 1 aliphatic carbocycles. The second kappa shape index (κ2) is 7.66. The summed E-state index contributed by atoms with van der Waals surface area (Å²) in [6.45, 7) is 2.00. The van der Waals surface area contributed by atoms with Gasteiger partial charge in [0.1, 0.15) is 11.7 Å². The molecule has 0 spiro atoms. The van der Waals surface area contributed by atoms with Crippen molar-refractivity contribution in [2.24, 2.45) is 5.92 Å². The van der Waals surface area contributed by atoms with E-state index in [0.717, 1.165) is 16.0 Å². The first-order valence-electron chi connectivity index (χ1n) is 8.23. The number of thiophene rings is 1. The van der Waals surface area contributed by atoms with Crippen LogP contribution < -0.4 is 4.74 Å². The zero-order valence-corrected chi connectivity index (χ0v) is 15.0. The van der Waals surface area contributed by atoms with Gasteiger partial charge in [-0.1, -0.05) is 24.3 Å². The zero-order valence-electron chi connectivity index (χ0n) is 14.2. The van der Waals surface area contributed by atoms with Crippen LogP contribution in [0.3, 0.4) is 0 Å². The van der Waals surface area contributed by atoms with E-state index in [4.69, 9.17) is 9.47 Å². The minimum atomic E-state index is -0.833. The van der Waals surface area contributed by atoms with Crippen molar-refractivity contribution in [2.45, 2.75) is 19.3 Å². The van der Waals surface area contributed by atoms with E-state index < -0.39 is 11.9 Å². The highest BCUT2D eigenvalue weighted by Crippen LogP contribution is 2.43. The summed E-state index contributed by atoms with van der Waals surface area (Å²) >= 11 is 1.59. The highest BCUT2D eigenvalue weighted by molar-refractivity contribution is 7.11. The Balaban J connectivity index is 2.05. The number of ketones is 1. The molecule has 0 fully saturated rings. The van der Waals surface area contributed by atoms with Crippen LogP contribution in [-0.2, 0) is 14.3 Å². The Morgan fingerprint density at radius 1 is 1.24 bits per heavy atom. The molecule has 0 radical (unpaired) electrons. The van der Waals surface area contributed by atoms with Crippen LogP contribution in [-0.4, -0.2) is 25.5 Å². The number of benzene rings is 1. The van der Waals surface area contributed by atoms with Gasteiger partial charge in [0.25, 0.3) is 0 Å². The summed E-state index contributed by atoms with van der Waals surface area (Å²) in [5.74, 6) is -1.12. The molecular weight excluding hydrogens is 336 g/mol. The van der Waals surface area contributed by atoms with Gasteiger partial charge in [-0.15, -0.1) is 11.3 Å². The average Bonchev–Trinajstić information content (AvgIpc) is 3.15. The number of hydrogen-bond acceptors (Lipinski definition) is 5. The third-order valence-electron chi connectivity index (χ3n) is 4.38. The maximum Gasteiger partial charge on any atom is 0.317 e. The van der Waals surface area contributed by atoms with Gasteiger partial charge in [0.2, 0.25) is 0 Å². The highest BCUT2D eigenvalue weighted by Gasteiger charge is 2.40. The number of ether oxygens (including phenoxy) is 2. The Hall–Kier alpha value is -2.40. The normalized spacial score (nSPS) is 20.1. The first-order valence-corrected chi connectivity index (χ1v) is 9.11. The fourth-order valence-corrected chi connectivity index (χ4v) is 4.04. The predicted molar refractivity (Wildman–Crippen MR) is 97.8 cm³/mol. The number of carbonyl (C=O) groups excluding carboxylic acids is 2. The molecule has 0 bridgehead atoms. The lowest BCUT2D eigenvalue weighted by Gasteiger charge is -2.30. The number of allylic oxidation sites excluding steroid dienone is 2. The predicted octanol–water partition coefficient (Wildman–Crippen LogP) is 4.08. The van der Waals surface area contributed by atoms with Crippen molar-refractivity contribution in [3.8, 4) is 5.75 Å². The van der Waals surface area contributed by atoms with Crippen LogP contribution in [0.5, 0.6) is 5.75 Å². The molecule has 4 nitrogen and oxygen atoms in total. The van der Waals surface area contributed by atoms with Crippen molar-refractivity contribution in [1.82, 2.24) is 0 Å². The Kier molecular flexibility index (Phi) is 5.34. The van der Waals surface area contributed by atoms with E-state index in [-0.39, 0.29) is 18.3 Å². The van der Waals surface area contributed by atoms with Crippen molar-refractivity contribution in [1.29, 1.82) is 0 Å². The van der Waals surface area contributed by atoms with E-state index in [1.54, 1.807) is 31.4 Å². The summed E-state index contributed by atoms with van der Waals surface area (Å²) in [6, 6.07) is 11.5. The lowest BCUT2D eigenvalue weighted by molar-refractivity contribution is -0.151. The number of para-hydroxylation sites is 1. The maximum absolute atomic E-state index is 12.8. The van der Waals surface area contributed by atoms with Crippen molar-refractivity contribution >= 4 is 28.7 Å². The molecule has 5 heteroatoms. The second-order valence-electron chi connectivity index (χ2n) is 5.83. The van der Waals surface area contributed by atoms with Gasteiger partial charge in [-0.05, 0) is 48.1 Å². The maximum atomic E-state index is 12.8. The molecule has 1 aromatic carbocycles. The second-order valence-corrected chi connectivity index (χ2v) is 6.78. The molecule has 1 aliphatic rings. The Morgan fingerprint density at radius 3 is 2.72 bits per heavy atom. The monoisotopic (exact) mass is 356 g/mol. The van der Waals surface area contributed by atoms with Gasteiger partial charge in [0.05, 0.1) is 13.7 Å². The molecule has 25 heavy (non-hydrogen) atoms. The third-order valence-corrected chi connectivity index (χ3v) is 5.33. The van der Waals surface area contributed by atoms with Gasteiger partial charge in [-0.2, -0.15) is 0 Å². The van der Waals surface area contributed by atoms with E-state index in [9.17, 15) is 9.59 Å². The third kappa shape index (κ3) is 3.51. The van der Waals surface area contributed by atoms with E-state index in [0.29, 0.717) is 12.2 Å². The van der Waals surface area contributed by atoms with Crippen LogP contribution >= 0.6 is 11.3 Å². The van der Waals surface area contributed by atoms with Gasteiger partial charge in [0.15, 0.2) is 5.78 Å². The molecule has 0 N–H and O–H groups in total. The largest absolute Gasteiger partial charge is 0.496 e. The topological polar surface area (TPSA) is 52.6 Å². The van der Waals surface area contributed by atoms with E-state index in [1.807, 2.05) is 41.8 Å². The van der Waals surface area contributed by atoms with Crippen molar-refractivity contribution in [3.05, 3.63) is 58.3 Å². The standard InChI is InChI=1S/C20H20O4S/c1-3-24-20(22)19-15(14-7-4-5-8-17(14)23-2)11-13(12-16(19)21)18-9-6-10-25-18/h4-10,12,15,19H,3,11H2,1-2H3. The van der Waals surface area contributed by atoms with E-state index in [2.05, 4.69) is 0 Å². The van der Waals surface area contributed by atoms with Gasteiger partial charge in [-0.3, -0.25) is 9.59 Å². The first-order chi connectivity index (χ1) is 12.2. The molecule has 0 aliphatic heterocycles.